The van der Waals surface area contributed by atoms with Gasteiger partial charge in [-0.25, -0.2) is 8.78 Å². The molecule has 1 saturated carbocycles. The van der Waals surface area contributed by atoms with Gasteiger partial charge in [0, 0.05) is 18.2 Å². The topological polar surface area (TPSA) is 32.3 Å². The van der Waals surface area contributed by atoms with Crippen molar-refractivity contribution in [2.75, 3.05) is 13.1 Å². The van der Waals surface area contributed by atoms with Crippen LogP contribution in [0.4, 0.5) is 8.78 Å². The molecule has 108 valence electrons. The molecule has 0 radical (unpaired) electrons. The number of nitrogens with one attached hydrogen (secondary N) is 1. The summed E-state index contributed by atoms with van der Waals surface area (Å²) in [5, 5.41) is 3.02. The van der Waals surface area contributed by atoms with Crippen LogP contribution in [-0.2, 0) is 4.79 Å². The van der Waals surface area contributed by atoms with Gasteiger partial charge in [-0.3, -0.25) is 10.1 Å². The number of amides is 1. The van der Waals surface area contributed by atoms with Crippen molar-refractivity contribution in [3.05, 3.63) is 35.4 Å². The lowest BCUT2D eigenvalue weighted by atomic mass is 10.1. The molecule has 1 atom stereocenters. The first-order chi connectivity index (χ1) is 9.65. The average Bonchev–Trinajstić information content (AvgIpc) is 3.03. The van der Waals surface area contributed by atoms with Crippen molar-refractivity contribution in [2.24, 2.45) is 5.92 Å². The van der Waals surface area contributed by atoms with Crippen LogP contribution < -0.4 is 5.32 Å². The Morgan fingerprint density at radius 1 is 1.25 bits per heavy atom. The smallest absolute Gasteiger partial charge is 0.238 e. The van der Waals surface area contributed by atoms with Crippen molar-refractivity contribution in [1.29, 1.82) is 0 Å². The van der Waals surface area contributed by atoms with E-state index in [0.717, 1.165) is 18.9 Å². The van der Waals surface area contributed by atoms with Crippen LogP contribution in [-0.4, -0.2) is 23.9 Å². The van der Waals surface area contributed by atoms with Gasteiger partial charge in [0.05, 0.1) is 6.54 Å². The highest BCUT2D eigenvalue weighted by molar-refractivity contribution is 5.81. The Kier molecular flexibility index (Phi) is 3.70. The third kappa shape index (κ3) is 2.54. The van der Waals surface area contributed by atoms with E-state index in [2.05, 4.69) is 5.32 Å². The van der Waals surface area contributed by atoms with Gasteiger partial charge in [0.15, 0.2) is 0 Å². The molecule has 3 nitrogen and oxygen atoms in total. The minimum Gasteiger partial charge on any atom is -0.321 e. The monoisotopic (exact) mass is 280 g/mol. The summed E-state index contributed by atoms with van der Waals surface area (Å²) in [6, 6.07) is 3.52. The van der Waals surface area contributed by atoms with E-state index in [4.69, 9.17) is 0 Å². The molecule has 1 aromatic rings. The lowest BCUT2D eigenvalue weighted by Crippen LogP contribution is -2.34. The summed E-state index contributed by atoms with van der Waals surface area (Å²) in [5.74, 6) is -0.706. The first-order valence-electron chi connectivity index (χ1n) is 7.13. The van der Waals surface area contributed by atoms with Crippen LogP contribution in [0.3, 0.4) is 0 Å². The van der Waals surface area contributed by atoms with E-state index < -0.39 is 17.8 Å². The van der Waals surface area contributed by atoms with Gasteiger partial charge in [-0.05, 0) is 30.9 Å². The molecule has 1 aliphatic carbocycles. The fourth-order valence-corrected chi connectivity index (χ4v) is 3.22. The Labute approximate surface area is 117 Å². The maximum atomic E-state index is 13.9. The van der Waals surface area contributed by atoms with Gasteiger partial charge < -0.3 is 4.90 Å². The van der Waals surface area contributed by atoms with Gasteiger partial charge in [0.25, 0.3) is 0 Å². The number of nitrogens with zero attached hydrogens (tertiary/aromatic N) is 1. The molecule has 1 saturated heterocycles. The third-order valence-corrected chi connectivity index (χ3v) is 4.27. The molecule has 0 spiro atoms. The summed E-state index contributed by atoms with van der Waals surface area (Å²) in [7, 11) is 0. The van der Waals surface area contributed by atoms with Crippen molar-refractivity contribution < 1.29 is 13.6 Å². The molecule has 1 N–H and O–H groups in total. The first kappa shape index (κ1) is 13.5. The highest BCUT2D eigenvalue weighted by Crippen LogP contribution is 2.31. The highest BCUT2D eigenvalue weighted by Gasteiger charge is 2.35. The summed E-state index contributed by atoms with van der Waals surface area (Å²) in [6.07, 6.45) is 4.19. The van der Waals surface area contributed by atoms with Crippen LogP contribution in [0.15, 0.2) is 18.2 Å². The van der Waals surface area contributed by atoms with Gasteiger partial charge in [-0.1, -0.05) is 12.8 Å². The minimum atomic E-state index is -0.603. The van der Waals surface area contributed by atoms with Crippen LogP contribution in [0.5, 0.6) is 0 Å². The molecule has 1 heterocycles. The molecule has 0 aromatic heterocycles. The SMILES string of the molecule is O=C1CNC(c2ccc(F)cc2F)N1CC1CCCC1. The van der Waals surface area contributed by atoms with Gasteiger partial charge in [-0.15, -0.1) is 0 Å². The second kappa shape index (κ2) is 5.48. The average molecular weight is 280 g/mol. The number of rotatable bonds is 3. The fraction of sp³-hybridized carbons (Fsp3) is 0.533. The van der Waals surface area contributed by atoms with Gasteiger partial charge in [-0.2, -0.15) is 0 Å². The van der Waals surface area contributed by atoms with Crippen molar-refractivity contribution in [3.8, 4) is 0 Å². The van der Waals surface area contributed by atoms with E-state index in [1.54, 1.807) is 4.90 Å². The molecule has 1 aromatic carbocycles. The Morgan fingerprint density at radius 3 is 2.70 bits per heavy atom. The number of benzene rings is 1. The number of hydrogen-bond acceptors (Lipinski definition) is 2. The summed E-state index contributed by atoms with van der Waals surface area (Å²) in [6.45, 7) is 0.877. The Bertz CT molecular complexity index is 515. The van der Waals surface area contributed by atoms with E-state index in [1.165, 1.54) is 25.0 Å². The van der Waals surface area contributed by atoms with E-state index in [0.29, 0.717) is 18.0 Å². The standard InChI is InChI=1S/C15H18F2N2O/c16-11-5-6-12(13(17)7-11)15-18-8-14(20)19(15)9-10-3-1-2-4-10/h5-7,10,15,18H,1-4,8-9H2. The molecule has 20 heavy (non-hydrogen) atoms. The quantitative estimate of drug-likeness (QED) is 0.923. The van der Waals surface area contributed by atoms with E-state index >= 15 is 0 Å². The lowest BCUT2D eigenvalue weighted by molar-refractivity contribution is -0.128. The van der Waals surface area contributed by atoms with Crippen LogP contribution in [0.25, 0.3) is 0 Å². The molecular formula is C15H18F2N2O. The summed E-state index contributed by atoms with van der Waals surface area (Å²) >= 11 is 0. The van der Waals surface area contributed by atoms with Crippen molar-refractivity contribution >= 4 is 5.91 Å². The van der Waals surface area contributed by atoms with Crippen LogP contribution in [0.2, 0.25) is 0 Å². The Balaban J connectivity index is 1.81. The number of carbonyl (C=O) groups is 1. The predicted octanol–water partition coefficient (Wildman–Crippen LogP) is 2.59. The van der Waals surface area contributed by atoms with Gasteiger partial charge >= 0.3 is 0 Å². The van der Waals surface area contributed by atoms with Gasteiger partial charge in [0.1, 0.15) is 17.8 Å². The highest BCUT2D eigenvalue weighted by atomic mass is 19.1. The third-order valence-electron chi connectivity index (χ3n) is 4.27. The van der Waals surface area contributed by atoms with Crippen molar-refractivity contribution in [1.82, 2.24) is 10.2 Å². The normalized spacial score (nSPS) is 23.8. The molecule has 0 bridgehead atoms. The van der Waals surface area contributed by atoms with E-state index in [1.807, 2.05) is 0 Å². The van der Waals surface area contributed by atoms with Crippen molar-refractivity contribution in [3.63, 3.8) is 0 Å². The largest absolute Gasteiger partial charge is 0.321 e. The summed E-state index contributed by atoms with van der Waals surface area (Å²) in [4.78, 5) is 13.7. The Hall–Kier alpha value is -1.49. The molecular weight excluding hydrogens is 262 g/mol. The zero-order valence-electron chi connectivity index (χ0n) is 11.2. The number of carbonyl (C=O) groups excluding carboxylic acids is 1. The first-order valence-corrected chi connectivity index (χ1v) is 7.13. The Morgan fingerprint density at radius 2 is 2.00 bits per heavy atom. The second-order valence-electron chi connectivity index (χ2n) is 5.65. The predicted molar refractivity (Wildman–Crippen MR) is 70.8 cm³/mol. The second-order valence-corrected chi connectivity index (χ2v) is 5.65. The van der Waals surface area contributed by atoms with Gasteiger partial charge in [0.2, 0.25) is 5.91 Å². The fourth-order valence-electron chi connectivity index (χ4n) is 3.22. The van der Waals surface area contributed by atoms with Crippen molar-refractivity contribution in [2.45, 2.75) is 31.8 Å². The summed E-state index contributed by atoms with van der Waals surface area (Å²) in [5.41, 5.74) is 0.343. The van der Waals surface area contributed by atoms with Crippen LogP contribution in [0.1, 0.15) is 37.4 Å². The molecule has 3 rings (SSSR count). The van der Waals surface area contributed by atoms with E-state index in [9.17, 15) is 13.6 Å². The zero-order valence-corrected chi connectivity index (χ0v) is 11.2. The number of hydrogen-bond donors (Lipinski definition) is 1. The number of halogens is 2. The minimum absolute atomic E-state index is 0.00868. The lowest BCUT2D eigenvalue weighted by Gasteiger charge is -2.27. The molecule has 1 unspecified atom stereocenters. The maximum Gasteiger partial charge on any atom is 0.238 e. The molecule has 2 fully saturated rings. The van der Waals surface area contributed by atoms with Crippen LogP contribution >= 0.6 is 0 Å². The zero-order chi connectivity index (χ0) is 14.1. The summed E-state index contributed by atoms with van der Waals surface area (Å²) < 4.78 is 26.9. The molecule has 2 aliphatic rings. The van der Waals surface area contributed by atoms with E-state index in [-0.39, 0.29) is 12.5 Å². The molecule has 5 heteroatoms. The maximum absolute atomic E-state index is 13.9. The van der Waals surface area contributed by atoms with Crippen LogP contribution in [0, 0.1) is 17.6 Å². The molecule has 1 amide bonds. The molecule has 1 aliphatic heterocycles.